The van der Waals surface area contributed by atoms with Crippen molar-refractivity contribution in [3.8, 4) is 0 Å². The number of thiocarbonyl (C=S) groups is 1. The van der Waals surface area contributed by atoms with E-state index in [0.717, 1.165) is 24.8 Å². The van der Waals surface area contributed by atoms with Gasteiger partial charge in [-0.2, -0.15) is 5.10 Å². The molecule has 1 aliphatic rings. The van der Waals surface area contributed by atoms with Crippen molar-refractivity contribution in [2.75, 3.05) is 17.7 Å². The number of aromatic nitrogens is 2. The molecule has 0 radical (unpaired) electrons. The summed E-state index contributed by atoms with van der Waals surface area (Å²) in [5, 5.41) is 11.9. The number of carbonyl (C=O) groups excluding carboxylic acids is 1. The lowest BCUT2D eigenvalue weighted by molar-refractivity contribution is 0.0601. The predicted octanol–water partition coefficient (Wildman–Crippen LogP) is 6.16. The number of thiophene rings is 1. The summed E-state index contributed by atoms with van der Waals surface area (Å²) in [7, 11) is 1.37. The van der Waals surface area contributed by atoms with Gasteiger partial charge in [-0.25, -0.2) is 9.18 Å². The molecular formula is C22H21Cl2FN4O2S2. The largest absolute Gasteiger partial charge is 0.465 e. The van der Waals surface area contributed by atoms with Gasteiger partial charge in [0.05, 0.1) is 19.2 Å². The summed E-state index contributed by atoms with van der Waals surface area (Å²) in [6.45, 7) is 2.31. The van der Waals surface area contributed by atoms with E-state index in [0.29, 0.717) is 37.9 Å². The van der Waals surface area contributed by atoms with E-state index in [-0.39, 0.29) is 11.7 Å². The van der Waals surface area contributed by atoms with Crippen LogP contribution in [0, 0.1) is 11.7 Å². The first-order chi connectivity index (χ1) is 15.8. The van der Waals surface area contributed by atoms with Crippen molar-refractivity contribution in [3.05, 3.63) is 61.8 Å². The van der Waals surface area contributed by atoms with Gasteiger partial charge in [-0.1, -0.05) is 36.2 Å². The van der Waals surface area contributed by atoms with Crippen LogP contribution in [0.1, 0.15) is 39.7 Å². The molecule has 6 nitrogen and oxygen atoms in total. The minimum Gasteiger partial charge on any atom is -0.465 e. The molecule has 1 atom stereocenters. The van der Waals surface area contributed by atoms with Crippen molar-refractivity contribution >= 4 is 68.7 Å². The number of ether oxygens (including phenoxy) is 1. The fourth-order valence-electron chi connectivity index (χ4n) is 3.81. The third kappa shape index (κ3) is 5.16. The predicted molar refractivity (Wildman–Crippen MR) is 134 cm³/mol. The maximum atomic E-state index is 14.1. The van der Waals surface area contributed by atoms with Gasteiger partial charge in [-0.15, -0.1) is 11.3 Å². The smallest absolute Gasteiger partial charge is 0.341 e. The number of esters is 1. The van der Waals surface area contributed by atoms with E-state index in [1.807, 2.05) is 0 Å². The van der Waals surface area contributed by atoms with Crippen LogP contribution in [0.2, 0.25) is 10.0 Å². The van der Waals surface area contributed by atoms with E-state index < -0.39 is 11.8 Å². The van der Waals surface area contributed by atoms with Crippen molar-refractivity contribution in [3.63, 3.8) is 0 Å². The number of fused-ring (bicyclic) bond motifs is 1. The molecule has 0 amide bonds. The maximum absolute atomic E-state index is 14.1. The van der Waals surface area contributed by atoms with E-state index in [4.69, 9.17) is 40.2 Å². The van der Waals surface area contributed by atoms with E-state index in [1.54, 1.807) is 18.3 Å². The van der Waals surface area contributed by atoms with Gasteiger partial charge in [-0.3, -0.25) is 4.68 Å². The molecule has 0 saturated heterocycles. The van der Waals surface area contributed by atoms with Crippen molar-refractivity contribution in [2.24, 2.45) is 5.92 Å². The SMILES string of the molecule is COC(=O)c1c(NC(=S)Nc2nn(Cc3c(F)cccc3Cl)cc2Cl)sc2c1CCC(C)C2. The van der Waals surface area contributed by atoms with Crippen LogP contribution in [0.3, 0.4) is 0 Å². The van der Waals surface area contributed by atoms with Crippen LogP contribution in [0.25, 0.3) is 0 Å². The lowest BCUT2D eigenvalue weighted by Crippen LogP contribution is -2.21. The summed E-state index contributed by atoms with van der Waals surface area (Å²) in [6.07, 6.45) is 4.32. The molecule has 3 aromatic rings. The van der Waals surface area contributed by atoms with Crippen LogP contribution >= 0.6 is 46.8 Å². The number of carbonyl (C=O) groups is 1. The molecule has 2 heterocycles. The Morgan fingerprint density at radius 1 is 1.36 bits per heavy atom. The Labute approximate surface area is 210 Å². The van der Waals surface area contributed by atoms with E-state index >= 15 is 0 Å². The number of benzene rings is 1. The summed E-state index contributed by atoms with van der Waals surface area (Å²) < 4.78 is 20.6. The van der Waals surface area contributed by atoms with Crippen molar-refractivity contribution < 1.29 is 13.9 Å². The standard InChI is InChI=1S/C22H21Cl2FN4O2S2/c1-11-6-7-12-17(8-11)33-20(18(12)21(30)31-2)27-22(32)26-19-15(24)10-29(28-19)9-13-14(23)4-3-5-16(13)25/h3-5,10-11H,6-9H2,1-2H3,(H2,26,27,28,32). The van der Waals surface area contributed by atoms with Crippen LogP contribution in [0.4, 0.5) is 15.2 Å². The fraction of sp³-hybridized carbons (Fsp3) is 0.318. The quantitative estimate of drug-likeness (QED) is 0.306. The summed E-state index contributed by atoms with van der Waals surface area (Å²) in [6, 6.07) is 4.49. The first-order valence-corrected chi connectivity index (χ1v) is 12.2. The molecular weight excluding hydrogens is 506 g/mol. The average Bonchev–Trinajstić information content (AvgIpc) is 3.28. The van der Waals surface area contributed by atoms with E-state index in [9.17, 15) is 9.18 Å². The number of hydrogen-bond donors (Lipinski definition) is 2. The average molecular weight is 527 g/mol. The molecule has 2 N–H and O–H groups in total. The van der Waals surface area contributed by atoms with Gasteiger partial charge in [-0.05, 0) is 55.1 Å². The molecule has 33 heavy (non-hydrogen) atoms. The highest BCUT2D eigenvalue weighted by Crippen LogP contribution is 2.40. The Balaban J connectivity index is 1.51. The number of nitrogens with one attached hydrogen (secondary N) is 2. The van der Waals surface area contributed by atoms with Crippen LogP contribution in [0.5, 0.6) is 0 Å². The molecule has 1 aromatic carbocycles. The molecule has 0 bridgehead atoms. The van der Waals surface area contributed by atoms with Crippen LogP contribution in [0.15, 0.2) is 24.4 Å². The molecule has 4 rings (SSSR count). The molecule has 11 heteroatoms. The molecule has 1 unspecified atom stereocenters. The topological polar surface area (TPSA) is 68.2 Å². The van der Waals surface area contributed by atoms with E-state index in [1.165, 1.54) is 34.1 Å². The summed E-state index contributed by atoms with van der Waals surface area (Å²) in [5.41, 5.74) is 1.87. The minimum atomic E-state index is -0.424. The zero-order valence-corrected chi connectivity index (χ0v) is 21.0. The third-order valence-electron chi connectivity index (χ3n) is 5.46. The zero-order valence-electron chi connectivity index (χ0n) is 17.9. The van der Waals surface area contributed by atoms with Crippen molar-refractivity contribution in [1.82, 2.24) is 9.78 Å². The van der Waals surface area contributed by atoms with Gasteiger partial charge in [0.25, 0.3) is 0 Å². The number of hydrogen-bond acceptors (Lipinski definition) is 5. The Bertz CT molecular complexity index is 1210. The van der Waals surface area contributed by atoms with Gasteiger partial charge >= 0.3 is 5.97 Å². The highest BCUT2D eigenvalue weighted by molar-refractivity contribution is 7.80. The van der Waals surface area contributed by atoms with Crippen LogP contribution in [-0.4, -0.2) is 28.0 Å². The Kier molecular flexibility index (Phi) is 7.23. The second kappa shape index (κ2) is 9.97. The van der Waals surface area contributed by atoms with Gasteiger partial charge in [0.15, 0.2) is 10.9 Å². The highest BCUT2D eigenvalue weighted by atomic mass is 35.5. The monoisotopic (exact) mass is 526 g/mol. The number of nitrogens with zero attached hydrogens (tertiary/aromatic N) is 2. The van der Waals surface area contributed by atoms with E-state index in [2.05, 4.69) is 22.7 Å². The number of rotatable bonds is 5. The Hall–Kier alpha value is -2.20. The minimum absolute atomic E-state index is 0.107. The highest BCUT2D eigenvalue weighted by Gasteiger charge is 2.28. The lowest BCUT2D eigenvalue weighted by Gasteiger charge is -2.18. The number of methoxy groups -OCH3 is 1. The lowest BCUT2D eigenvalue weighted by atomic mass is 9.88. The Morgan fingerprint density at radius 3 is 2.88 bits per heavy atom. The normalized spacial score (nSPS) is 15.1. The first kappa shape index (κ1) is 23.9. The molecule has 2 aromatic heterocycles. The molecule has 174 valence electrons. The number of anilines is 2. The van der Waals surface area contributed by atoms with Crippen molar-refractivity contribution in [2.45, 2.75) is 32.7 Å². The van der Waals surface area contributed by atoms with Gasteiger partial charge < -0.3 is 15.4 Å². The second-order valence-electron chi connectivity index (χ2n) is 7.85. The Morgan fingerprint density at radius 2 is 2.15 bits per heavy atom. The number of halogens is 3. The molecule has 0 spiro atoms. The summed E-state index contributed by atoms with van der Waals surface area (Å²) in [4.78, 5) is 13.6. The molecule has 0 saturated carbocycles. The second-order valence-corrected chi connectivity index (χ2v) is 10.2. The molecule has 0 fully saturated rings. The van der Waals surface area contributed by atoms with Gasteiger partial charge in [0.2, 0.25) is 0 Å². The summed E-state index contributed by atoms with van der Waals surface area (Å²) >= 11 is 19.4. The molecule has 0 aliphatic heterocycles. The van der Waals surface area contributed by atoms with Crippen LogP contribution < -0.4 is 10.6 Å². The van der Waals surface area contributed by atoms with Crippen LogP contribution in [-0.2, 0) is 24.1 Å². The molecule has 1 aliphatic carbocycles. The first-order valence-electron chi connectivity index (χ1n) is 10.2. The van der Waals surface area contributed by atoms with Gasteiger partial charge in [0, 0.05) is 21.7 Å². The third-order valence-corrected chi connectivity index (χ3v) is 7.46. The zero-order chi connectivity index (χ0) is 23.7. The fourth-order valence-corrected chi connectivity index (χ4v) is 5.89. The maximum Gasteiger partial charge on any atom is 0.341 e. The van der Waals surface area contributed by atoms with Gasteiger partial charge in [0.1, 0.15) is 15.8 Å². The van der Waals surface area contributed by atoms with Crippen molar-refractivity contribution in [1.29, 1.82) is 0 Å². The summed E-state index contributed by atoms with van der Waals surface area (Å²) in [5.74, 6) is 0.0463.